The quantitative estimate of drug-likeness (QED) is 0.838. The molecule has 4 rings (SSSR count). The highest BCUT2D eigenvalue weighted by molar-refractivity contribution is 5.94. The van der Waals surface area contributed by atoms with E-state index >= 15 is 0 Å². The summed E-state index contributed by atoms with van der Waals surface area (Å²) >= 11 is 0. The van der Waals surface area contributed by atoms with Crippen molar-refractivity contribution in [1.82, 2.24) is 9.88 Å². The smallest absolute Gasteiger partial charge is 0.255 e. The number of carbonyl (C=O) groups is 1. The van der Waals surface area contributed by atoms with E-state index in [0.717, 1.165) is 0 Å². The van der Waals surface area contributed by atoms with Gasteiger partial charge in [0.25, 0.3) is 5.91 Å². The zero-order valence-electron chi connectivity index (χ0n) is 15.8. The Bertz CT molecular complexity index is 842. The highest BCUT2D eigenvalue weighted by Gasteiger charge is 2.44. The number of likely N-dealkylation sites (tertiary alicyclic amines) is 1. The van der Waals surface area contributed by atoms with E-state index < -0.39 is 6.10 Å². The summed E-state index contributed by atoms with van der Waals surface area (Å²) in [6, 6.07) is 10.8. The van der Waals surface area contributed by atoms with Gasteiger partial charge in [0, 0.05) is 19.3 Å². The summed E-state index contributed by atoms with van der Waals surface area (Å²) in [6.07, 6.45) is 1.95. The number of nitrogens with zero attached hydrogens (tertiary/aromatic N) is 2. The number of ether oxygens (including phenoxy) is 2. The van der Waals surface area contributed by atoms with Gasteiger partial charge in [-0.05, 0) is 48.9 Å². The minimum Gasteiger partial charge on any atom is -0.493 e. The molecule has 1 amide bonds. The van der Waals surface area contributed by atoms with E-state index in [1.165, 1.54) is 6.20 Å². The van der Waals surface area contributed by atoms with Crippen molar-refractivity contribution >= 4 is 11.7 Å². The number of methoxy groups -OCH3 is 1. The van der Waals surface area contributed by atoms with Crippen molar-refractivity contribution in [2.75, 3.05) is 25.9 Å². The van der Waals surface area contributed by atoms with Crippen molar-refractivity contribution in [1.29, 1.82) is 0 Å². The van der Waals surface area contributed by atoms with Crippen molar-refractivity contribution in [3.8, 4) is 11.5 Å². The molecule has 1 saturated heterocycles. The van der Waals surface area contributed by atoms with E-state index in [1.807, 2.05) is 29.2 Å². The Hall–Kier alpha value is -2.80. The lowest BCUT2D eigenvalue weighted by Crippen LogP contribution is -2.42. The third kappa shape index (κ3) is 3.62. The number of hydrogen-bond acceptors (Lipinski definition) is 6. The van der Waals surface area contributed by atoms with Gasteiger partial charge in [-0.3, -0.25) is 4.79 Å². The van der Waals surface area contributed by atoms with Gasteiger partial charge in [0.2, 0.25) is 0 Å². The number of carbonyl (C=O) groups excluding carboxylic acids is 1. The van der Waals surface area contributed by atoms with Crippen LogP contribution in [0, 0.1) is 11.8 Å². The first-order chi connectivity index (χ1) is 13.5. The Morgan fingerprint density at radius 1 is 1.14 bits per heavy atom. The standard InChI is InChI=1S/C21H25N3O4/c1-27-17-4-2-3-5-18(17)28-19-9-15-12-24(11-14(15)8-16(19)25)21(26)13-6-7-20(22)23-10-13/h2-7,10,14-16,19,25H,8-9,11-12H2,1H3,(H2,22,23)/t14-,15+,16+,19+/m0/s1. The van der Waals surface area contributed by atoms with Crippen LogP contribution in [0.4, 0.5) is 5.82 Å². The topological polar surface area (TPSA) is 97.9 Å². The van der Waals surface area contributed by atoms with Gasteiger partial charge in [0.1, 0.15) is 11.9 Å². The molecule has 1 saturated carbocycles. The largest absolute Gasteiger partial charge is 0.493 e. The van der Waals surface area contributed by atoms with Crippen molar-refractivity contribution in [2.45, 2.75) is 25.0 Å². The Kier molecular flexibility index (Phi) is 5.09. The van der Waals surface area contributed by atoms with E-state index in [1.54, 1.807) is 19.2 Å². The molecule has 0 spiro atoms. The second kappa shape index (κ2) is 7.67. The number of rotatable bonds is 4. The second-order valence-electron chi connectivity index (χ2n) is 7.55. The van der Waals surface area contributed by atoms with Crippen molar-refractivity contribution in [3.63, 3.8) is 0 Å². The van der Waals surface area contributed by atoms with Crippen LogP contribution in [-0.2, 0) is 0 Å². The van der Waals surface area contributed by atoms with Crippen LogP contribution in [0.5, 0.6) is 11.5 Å². The third-order valence-electron chi connectivity index (χ3n) is 5.75. The third-order valence-corrected chi connectivity index (χ3v) is 5.75. The lowest BCUT2D eigenvalue weighted by Gasteiger charge is -2.35. The molecular weight excluding hydrogens is 358 g/mol. The average Bonchev–Trinajstić information content (AvgIpc) is 3.11. The molecule has 4 atom stereocenters. The summed E-state index contributed by atoms with van der Waals surface area (Å²) in [4.78, 5) is 18.6. The van der Waals surface area contributed by atoms with Crippen LogP contribution in [-0.4, -0.2) is 53.3 Å². The summed E-state index contributed by atoms with van der Waals surface area (Å²) in [5.74, 6) is 2.21. The van der Waals surface area contributed by atoms with Crippen LogP contribution in [0.25, 0.3) is 0 Å². The predicted molar refractivity (Wildman–Crippen MR) is 104 cm³/mol. The van der Waals surface area contributed by atoms with Gasteiger partial charge < -0.3 is 25.2 Å². The van der Waals surface area contributed by atoms with Gasteiger partial charge in [0.05, 0.1) is 18.8 Å². The first kappa shape index (κ1) is 18.6. The van der Waals surface area contributed by atoms with Crippen LogP contribution in [0.2, 0.25) is 0 Å². The highest BCUT2D eigenvalue weighted by Crippen LogP contribution is 2.39. The fourth-order valence-electron chi connectivity index (χ4n) is 4.28. The molecule has 0 radical (unpaired) electrons. The minimum absolute atomic E-state index is 0.0430. The summed E-state index contributed by atoms with van der Waals surface area (Å²) in [6.45, 7) is 1.30. The number of aliphatic hydroxyl groups excluding tert-OH is 1. The van der Waals surface area contributed by atoms with Crippen LogP contribution in [0.1, 0.15) is 23.2 Å². The summed E-state index contributed by atoms with van der Waals surface area (Å²) in [5.41, 5.74) is 6.14. The van der Waals surface area contributed by atoms with Gasteiger partial charge >= 0.3 is 0 Å². The number of anilines is 1. The zero-order chi connectivity index (χ0) is 19.7. The summed E-state index contributed by atoms with van der Waals surface area (Å²) in [7, 11) is 1.60. The van der Waals surface area contributed by atoms with Crippen molar-refractivity contribution in [2.24, 2.45) is 11.8 Å². The van der Waals surface area contributed by atoms with Crippen LogP contribution in [0.3, 0.4) is 0 Å². The fraction of sp³-hybridized carbons (Fsp3) is 0.429. The van der Waals surface area contributed by atoms with E-state index in [4.69, 9.17) is 15.2 Å². The number of nitrogen functional groups attached to an aromatic ring is 1. The maximum atomic E-state index is 12.8. The van der Waals surface area contributed by atoms with Crippen molar-refractivity contribution in [3.05, 3.63) is 48.2 Å². The molecule has 0 unspecified atom stereocenters. The Balaban J connectivity index is 1.43. The molecule has 1 aliphatic heterocycles. The molecule has 3 N–H and O–H groups in total. The molecule has 1 aliphatic carbocycles. The average molecular weight is 383 g/mol. The van der Waals surface area contributed by atoms with Gasteiger partial charge in [-0.15, -0.1) is 0 Å². The first-order valence-electron chi connectivity index (χ1n) is 9.53. The maximum absolute atomic E-state index is 12.8. The zero-order valence-corrected chi connectivity index (χ0v) is 15.8. The molecule has 28 heavy (non-hydrogen) atoms. The minimum atomic E-state index is -0.570. The monoisotopic (exact) mass is 383 g/mol. The predicted octanol–water partition coefficient (Wildman–Crippen LogP) is 1.96. The Morgan fingerprint density at radius 2 is 1.86 bits per heavy atom. The normalized spacial score (nSPS) is 26.6. The number of fused-ring (bicyclic) bond motifs is 1. The highest BCUT2D eigenvalue weighted by atomic mass is 16.5. The number of aliphatic hydroxyl groups is 1. The summed E-state index contributed by atoms with van der Waals surface area (Å²) in [5, 5.41) is 10.6. The number of amides is 1. The van der Waals surface area contributed by atoms with E-state index in [-0.39, 0.29) is 17.9 Å². The first-order valence-corrected chi connectivity index (χ1v) is 9.53. The Labute approximate surface area is 164 Å². The fourth-order valence-corrected chi connectivity index (χ4v) is 4.28. The number of aromatic nitrogens is 1. The van der Waals surface area contributed by atoms with Gasteiger partial charge in [0.15, 0.2) is 11.5 Å². The van der Waals surface area contributed by atoms with Gasteiger partial charge in [-0.2, -0.15) is 0 Å². The lowest BCUT2D eigenvalue weighted by molar-refractivity contribution is -0.0240. The number of benzene rings is 1. The van der Waals surface area contributed by atoms with Crippen LogP contribution in [0.15, 0.2) is 42.6 Å². The van der Waals surface area contributed by atoms with Gasteiger partial charge in [-0.1, -0.05) is 12.1 Å². The van der Waals surface area contributed by atoms with Crippen LogP contribution < -0.4 is 15.2 Å². The molecule has 2 aliphatic rings. The maximum Gasteiger partial charge on any atom is 0.255 e. The number of hydrogen-bond donors (Lipinski definition) is 2. The molecule has 0 bridgehead atoms. The van der Waals surface area contributed by atoms with E-state index in [2.05, 4.69) is 4.98 Å². The Morgan fingerprint density at radius 3 is 2.54 bits per heavy atom. The lowest BCUT2D eigenvalue weighted by atomic mass is 9.78. The van der Waals surface area contributed by atoms with Crippen LogP contribution >= 0.6 is 0 Å². The van der Waals surface area contributed by atoms with E-state index in [0.29, 0.717) is 54.7 Å². The second-order valence-corrected chi connectivity index (χ2v) is 7.55. The summed E-state index contributed by atoms with van der Waals surface area (Å²) < 4.78 is 11.4. The molecule has 148 valence electrons. The molecule has 1 aromatic heterocycles. The molecule has 2 fully saturated rings. The number of nitrogens with two attached hydrogens (primary N) is 1. The van der Waals surface area contributed by atoms with Crippen molar-refractivity contribution < 1.29 is 19.4 Å². The molecule has 1 aromatic carbocycles. The number of para-hydroxylation sites is 2. The van der Waals surface area contributed by atoms with E-state index in [9.17, 15) is 9.90 Å². The molecule has 7 nitrogen and oxygen atoms in total. The molecular formula is C21H25N3O4. The van der Waals surface area contributed by atoms with Gasteiger partial charge in [-0.25, -0.2) is 4.98 Å². The molecule has 2 heterocycles. The molecule has 2 aromatic rings. The SMILES string of the molecule is COc1ccccc1O[C@@H]1C[C@@H]2CN(C(=O)c3ccc(N)nc3)C[C@@H]2C[C@H]1O. The molecule has 7 heteroatoms. The number of pyridine rings is 1.